The molecule has 4 heteroatoms. The van der Waals surface area contributed by atoms with Crippen molar-refractivity contribution in [2.45, 2.75) is 38.8 Å². The maximum atomic E-state index is 13.4. The molecular formula is C27H30N2O2. The molecule has 0 fully saturated rings. The summed E-state index contributed by atoms with van der Waals surface area (Å²) in [6.07, 6.45) is 4.04. The summed E-state index contributed by atoms with van der Waals surface area (Å²) >= 11 is 0. The van der Waals surface area contributed by atoms with Crippen LogP contribution in [0.25, 0.3) is 0 Å². The fourth-order valence-electron chi connectivity index (χ4n) is 3.97. The van der Waals surface area contributed by atoms with Crippen molar-refractivity contribution in [3.05, 3.63) is 95.6 Å². The Balaban J connectivity index is 1.53. The van der Waals surface area contributed by atoms with E-state index in [-0.39, 0.29) is 12.1 Å². The van der Waals surface area contributed by atoms with Crippen molar-refractivity contribution in [3.8, 4) is 5.75 Å². The molecule has 0 bridgehead atoms. The molecule has 1 aliphatic heterocycles. The zero-order valence-electron chi connectivity index (χ0n) is 18.1. The maximum absolute atomic E-state index is 13.4. The number of hydrogen-bond acceptors (Lipinski definition) is 3. The van der Waals surface area contributed by atoms with Gasteiger partial charge in [0.15, 0.2) is 0 Å². The number of hydrogen-bond donors (Lipinski definition) is 1. The van der Waals surface area contributed by atoms with Crippen molar-refractivity contribution >= 4 is 11.6 Å². The summed E-state index contributed by atoms with van der Waals surface area (Å²) in [6.45, 7) is 3.57. The highest BCUT2D eigenvalue weighted by Crippen LogP contribution is 2.33. The Morgan fingerprint density at radius 1 is 0.903 bits per heavy atom. The Morgan fingerprint density at radius 3 is 2.42 bits per heavy atom. The molecule has 0 aliphatic carbocycles. The molecule has 3 aromatic rings. The number of nitrogens with one attached hydrogen (secondary N) is 1. The number of amides is 1. The van der Waals surface area contributed by atoms with Gasteiger partial charge in [-0.2, -0.15) is 0 Å². The lowest BCUT2D eigenvalue weighted by Crippen LogP contribution is -2.43. The Kier molecular flexibility index (Phi) is 6.88. The number of benzene rings is 3. The monoisotopic (exact) mass is 414 g/mol. The lowest BCUT2D eigenvalue weighted by Gasteiger charge is -2.38. The molecular weight excluding hydrogens is 384 g/mol. The second-order valence-corrected chi connectivity index (χ2v) is 7.95. The topological polar surface area (TPSA) is 41.6 Å². The van der Waals surface area contributed by atoms with E-state index in [4.69, 9.17) is 4.74 Å². The molecule has 1 amide bonds. The van der Waals surface area contributed by atoms with Crippen LogP contribution in [0.5, 0.6) is 5.75 Å². The van der Waals surface area contributed by atoms with E-state index < -0.39 is 0 Å². The van der Waals surface area contributed by atoms with Gasteiger partial charge in [0.05, 0.1) is 12.2 Å². The Bertz CT molecular complexity index is 986. The molecule has 3 aromatic carbocycles. The minimum absolute atomic E-state index is 0.0650. The number of anilines is 1. The first-order valence-corrected chi connectivity index (χ1v) is 11.2. The van der Waals surface area contributed by atoms with E-state index >= 15 is 0 Å². The fraction of sp³-hybridized carbons (Fsp3) is 0.296. The third-order valence-corrected chi connectivity index (χ3v) is 5.72. The Hall–Kier alpha value is -3.27. The van der Waals surface area contributed by atoms with Crippen molar-refractivity contribution in [2.24, 2.45) is 0 Å². The second-order valence-electron chi connectivity index (χ2n) is 7.95. The fourth-order valence-corrected chi connectivity index (χ4v) is 3.97. The zero-order chi connectivity index (χ0) is 21.5. The predicted molar refractivity (Wildman–Crippen MR) is 125 cm³/mol. The minimum Gasteiger partial charge on any atom is -0.494 e. The number of nitrogens with zero attached hydrogens (tertiary/aromatic N) is 1. The summed E-state index contributed by atoms with van der Waals surface area (Å²) in [7, 11) is 0. The number of rotatable bonds is 9. The Morgan fingerprint density at radius 2 is 1.65 bits per heavy atom. The largest absolute Gasteiger partial charge is 0.494 e. The molecule has 0 saturated heterocycles. The van der Waals surface area contributed by atoms with Crippen LogP contribution in [0.15, 0.2) is 78.9 Å². The number of unbranched alkanes of at least 4 members (excludes halogenated alkanes) is 2. The molecule has 1 N–H and O–H groups in total. The van der Waals surface area contributed by atoms with Crippen LogP contribution in [0.1, 0.15) is 53.8 Å². The van der Waals surface area contributed by atoms with E-state index in [0.29, 0.717) is 6.54 Å². The summed E-state index contributed by atoms with van der Waals surface area (Å²) in [5.41, 5.74) is 3.89. The third kappa shape index (κ3) is 5.08. The van der Waals surface area contributed by atoms with Gasteiger partial charge in [-0.15, -0.1) is 0 Å². The molecule has 1 aliphatic rings. The number of carbonyl (C=O) groups is 1. The summed E-state index contributed by atoms with van der Waals surface area (Å²) in [4.78, 5) is 15.3. The SMILES string of the molecule is CCCCCOc1ccc(C2Nc3ccccc3C(=O)N2CCc2ccccc2)cc1. The number of para-hydroxylation sites is 1. The van der Waals surface area contributed by atoms with Crippen LogP contribution in [0.4, 0.5) is 5.69 Å². The molecule has 160 valence electrons. The molecule has 1 heterocycles. The zero-order valence-corrected chi connectivity index (χ0v) is 18.1. The van der Waals surface area contributed by atoms with Gasteiger partial charge in [-0.25, -0.2) is 0 Å². The molecule has 1 unspecified atom stereocenters. The van der Waals surface area contributed by atoms with Gasteiger partial charge >= 0.3 is 0 Å². The van der Waals surface area contributed by atoms with Crippen molar-refractivity contribution < 1.29 is 9.53 Å². The number of ether oxygens (including phenoxy) is 1. The van der Waals surface area contributed by atoms with Gasteiger partial charge in [-0.05, 0) is 48.2 Å². The Labute approximate surface area is 184 Å². The average molecular weight is 415 g/mol. The number of fused-ring (bicyclic) bond motifs is 1. The summed E-state index contributed by atoms with van der Waals surface area (Å²) in [5.74, 6) is 0.938. The van der Waals surface area contributed by atoms with E-state index in [1.54, 1.807) is 0 Å². The van der Waals surface area contributed by atoms with Crippen LogP contribution in [0, 0.1) is 0 Å². The normalized spacial score (nSPS) is 15.3. The quantitative estimate of drug-likeness (QED) is 0.432. The van der Waals surface area contributed by atoms with E-state index in [1.807, 2.05) is 59.5 Å². The smallest absolute Gasteiger partial charge is 0.257 e. The molecule has 0 saturated carbocycles. The van der Waals surface area contributed by atoms with E-state index in [2.05, 4.69) is 36.5 Å². The minimum atomic E-state index is -0.208. The van der Waals surface area contributed by atoms with E-state index in [1.165, 1.54) is 18.4 Å². The molecule has 0 spiro atoms. The summed E-state index contributed by atoms with van der Waals surface area (Å²) < 4.78 is 5.86. The van der Waals surface area contributed by atoms with Gasteiger partial charge in [0.1, 0.15) is 11.9 Å². The highest BCUT2D eigenvalue weighted by Gasteiger charge is 2.32. The van der Waals surface area contributed by atoms with Crippen LogP contribution >= 0.6 is 0 Å². The summed E-state index contributed by atoms with van der Waals surface area (Å²) in [5, 5.41) is 3.57. The van der Waals surface area contributed by atoms with Crippen LogP contribution in [0.3, 0.4) is 0 Å². The highest BCUT2D eigenvalue weighted by atomic mass is 16.5. The van der Waals surface area contributed by atoms with Crippen LogP contribution in [-0.4, -0.2) is 24.0 Å². The van der Waals surface area contributed by atoms with Gasteiger partial charge in [-0.1, -0.05) is 74.4 Å². The van der Waals surface area contributed by atoms with Crippen LogP contribution in [-0.2, 0) is 6.42 Å². The van der Waals surface area contributed by atoms with Gasteiger partial charge in [0.25, 0.3) is 5.91 Å². The van der Waals surface area contributed by atoms with Crippen molar-refractivity contribution in [2.75, 3.05) is 18.5 Å². The lowest BCUT2D eigenvalue weighted by atomic mass is 10.0. The van der Waals surface area contributed by atoms with Gasteiger partial charge in [0, 0.05) is 12.2 Å². The summed E-state index contributed by atoms with van der Waals surface area (Å²) in [6, 6.07) is 26.2. The first-order chi connectivity index (χ1) is 15.3. The van der Waals surface area contributed by atoms with Crippen molar-refractivity contribution in [3.63, 3.8) is 0 Å². The van der Waals surface area contributed by atoms with Gasteiger partial charge < -0.3 is 15.0 Å². The van der Waals surface area contributed by atoms with Crippen molar-refractivity contribution in [1.82, 2.24) is 4.90 Å². The van der Waals surface area contributed by atoms with Gasteiger partial charge in [-0.3, -0.25) is 4.79 Å². The molecule has 4 rings (SSSR count). The standard InChI is InChI=1S/C27H30N2O2/c1-2-3-9-20-31-23-16-14-22(15-17-23)26-28-25-13-8-7-12-24(25)27(30)29(26)19-18-21-10-5-4-6-11-21/h4-8,10-17,26,28H,2-3,9,18-20H2,1H3. The van der Waals surface area contributed by atoms with Crippen LogP contribution in [0.2, 0.25) is 0 Å². The highest BCUT2D eigenvalue weighted by molar-refractivity contribution is 6.01. The first kappa shape index (κ1) is 21.0. The third-order valence-electron chi connectivity index (χ3n) is 5.72. The maximum Gasteiger partial charge on any atom is 0.257 e. The molecule has 31 heavy (non-hydrogen) atoms. The van der Waals surface area contributed by atoms with E-state index in [9.17, 15) is 4.79 Å². The second kappa shape index (κ2) is 10.2. The lowest BCUT2D eigenvalue weighted by molar-refractivity contribution is 0.0685. The van der Waals surface area contributed by atoms with Gasteiger partial charge in [0.2, 0.25) is 0 Å². The predicted octanol–water partition coefficient (Wildman–Crippen LogP) is 6.06. The molecule has 4 nitrogen and oxygen atoms in total. The molecule has 1 atom stereocenters. The first-order valence-electron chi connectivity index (χ1n) is 11.2. The van der Waals surface area contributed by atoms with Crippen LogP contribution < -0.4 is 10.1 Å². The van der Waals surface area contributed by atoms with Crippen molar-refractivity contribution in [1.29, 1.82) is 0 Å². The molecule has 0 radical (unpaired) electrons. The van der Waals surface area contributed by atoms with E-state index in [0.717, 1.165) is 42.0 Å². The molecule has 0 aromatic heterocycles. The average Bonchev–Trinajstić information content (AvgIpc) is 2.82. The number of carbonyl (C=O) groups excluding carboxylic acids is 1.